The maximum atomic E-state index is 12.8. The fourth-order valence-electron chi connectivity index (χ4n) is 2.71. The van der Waals surface area contributed by atoms with Gasteiger partial charge in [0, 0.05) is 24.2 Å². The lowest BCUT2D eigenvalue weighted by molar-refractivity contribution is -0.137. The minimum atomic E-state index is -0.518. The Hall–Kier alpha value is -0.870. The van der Waals surface area contributed by atoms with Crippen LogP contribution in [0.4, 0.5) is 0 Å². The van der Waals surface area contributed by atoms with Crippen LogP contribution >= 0.6 is 15.9 Å². The fourth-order valence-corrected chi connectivity index (χ4v) is 3.11. The average molecular weight is 340 g/mol. The van der Waals surface area contributed by atoms with Crippen LogP contribution in [-0.4, -0.2) is 35.6 Å². The number of hydrogen-bond acceptors (Lipinski definition) is 2. The zero-order valence-corrected chi connectivity index (χ0v) is 13.7. The van der Waals surface area contributed by atoms with Gasteiger partial charge in [0.2, 0.25) is 5.91 Å². The molecule has 1 N–H and O–H groups in total. The van der Waals surface area contributed by atoms with E-state index in [0.717, 1.165) is 36.0 Å². The molecule has 1 aromatic carbocycles. The van der Waals surface area contributed by atoms with Crippen LogP contribution in [0.5, 0.6) is 0 Å². The second-order valence-electron chi connectivity index (χ2n) is 6.05. The first-order valence-corrected chi connectivity index (χ1v) is 7.90. The van der Waals surface area contributed by atoms with Gasteiger partial charge in [-0.05, 0) is 50.3 Å². The van der Waals surface area contributed by atoms with Crippen molar-refractivity contribution in [1.82, 2.24) is 4.90 Å². The van der Waals surface area contributed by atoms with Gasteiger partial charge in [-0.3, -0.25) is 4.79 Å². The number of aliphatic hydroxyl groups excluding tert-OH is 1. The van der Waals surface area contributed by atoms with E-state index in [1.807, 2.05) is 43.0 Å². The number of carbonyl (C=O) groups is 1. The van der Waals surface area contributed by atoms with Crippen molar-refractivity contribution in [2.45, 2.75) is 32.1 Å². The zero-order valence-electron chi connectivity index (χ0n) is 12.1. The Morgan fingerprint density at radius 3 is 2.60 bits per heavy atom. The zero-order chi connectivity index (χ0) is 14.8. The summed E-state index contributed by atoms with van der Waals surface area (Å²) >= 11 is 3.46. The lowest BCUT2D eigenvalue weighted by atomic mass is 9.82. The standard InChI is InChI=1S/C16H22BrNO2/c1-16(2,13-4-3-5-14(17)10-13)15(20)18-8-6-12(11-19)7-9-18/h3-5,10,12,19H,6-9,11H2,1-2H3. The summed E-state index contributed by atoms with van der Waals surface area (Å²) in [7, 11) is 0. The van der Waals surface area contributed by atoms with Crippen molar-refractivity contribution in [2.24, 2.45) is 5.92 Å². The number of aliphatic hydroxyl groups is 1. The topological polar surface area (TPSA) is 40.5 Å². The first-order valence-electron chi connectivity index (χ1n) is 7.11. The first kappa shape index (κ1) is 15.5. The SMILES string of the molecule is CC(C)(C(=O)N1CCC(CO)CC1)c1cccc(Br)c1. The van der Waals surface area contributed by atoms with Crippen LogP contribution < -0.4 is 0 Å². The van der Waals surface area contributed by atoms with Gasteiger partial charge in [-0.15, -0.1) is 0 Å². The number of rotatable bonds is 3. The summed E-state index contributed by atoms with van der Waals surface area (Å²) in [5, 5.41) is 9.18. The largest absolute Gasteiger partial charge is 0.396 e. The van der Waals surface area contributed by atoms with E-state index in [1.165, 1.54) is 0 Å². The van der Waals surface area contributed by atoms with Gasteiger partial charge in [-0.1, -0.05) is 28.1 Å². The van der Waals surface area contributed by atoms with E-state index >= 15 is 0 Å². The average Bonchev–Trinajstić information content (AvgIpc) is 2.46. The van der Waals surface area contributed by atoms with Gasteiger partial charge in [0.1, 0.15) is 0 Å². The highest BCUT2D eigenvalue weighted by Gasteiger charge is 2.35. The lowest BCUT2D eigenvalue weighted by Gasteiger charge is -2.37. The third-order valence-corrected chi connectivity index (χ3v) is 4.73. The molecule has 4 heteroatoms. The highest BCUT2D eigenvalue weighted by Crippen LogP contribution is 2.29. The molecule has 2 rings (SSSR count). The summed E-state index contributed by atoms with van der Waals surface area (Å²) in [6.07, 6.45) is 1.80. The lowest BCUT2D eigenvalue weighted by Crippen LogP contribution is -2.47. The number of carbonyl (C=O) groups excluding carboxylic acids is 1. The van der Waals surface area contributed by atoms with E-state index in [4.69, 9.17) is 0 Å². The predicted molar refractivity (Wildman–Crippen MR) is 83.6 cm³/mol. The van der Waals surface area contributed by atoms with Gasteiger partial charge >= 0.3 is 0 Å². The molecule has 1 aliphatic rings. The molecule has 0 radical (unpaired) electrons. The van der Waals surface area contributed by atoms with Crippen LogP contribution in [0.1, 0.15) is 32.3 Å². The Labute approximate surface area is 129 Å². The van der Waals surface area contributed by atoms with E-state index in [2.05, 4.69) is 15.9 Å². The molecule has 0 spiro atoms. The second kappa shape index (κ2) is 6.27. The number of piperidine rings is 1. The van der Waals surface area contributed by atoms with Crippen LogP contribution in [0.25, 0.3) is 0 Å². The quantitative estimate of drug-likeness (QED) is 0.919. The van der Waals surface area contributed by atoms with Crippen LogP contribution in [0.3, 0.4) is 0 Å². The van der Waals surface area contributed by atoms with Crippen LogP contribution in [0, 0.1) is 5.92 Å². The number of halogens is 1. The van der Waals surface area contributed by atoms with Crippen molar-refractivity contribution in [3.8, 4) is 0 Å². The Morgan fingerprint density at radius 2 is 2.05 bits per heavy atom. The molecule has 1 heterocycles. The molecule has 110 valence electrons. The summed E-state index contributed by atoms with van der Waals surface area (Å²) in [4.78, 5) is 14.7. The maximum Gasteiger partial charge on any atom is 0.232 e. The Bertz CT molecular complexity index is 479. The predicted octanol–water partition coefficient (Wildman–Crippen LogP) is 2.96. The van der Waals surface area contributed by atoms with Gasteiger partial charge in [0.25, 0.3) is 0 Å². The number of benzene rings is 1. The molecule has 1 amide bonds. The van der Waals surface area contributed by atoms with E-state index in [0.29, 0.717) is 5.92 Å². The molecule has 0 bridgehead atoms. The minimum Gasteiger partial charge on any atom is -0.396 e. The molecular formula is C16H22BrNO2. The molecule has 0 atom stereocenters. The summed E-state index contributed by atoms with van der Waals surface area (Å²) in [6, 6.07) is 7.95. The van der Waals surface area contributed by atoms with Crippen LogP contribution in [-0.2, 0) is 10.2 Å². The fraction of sp³-hybridized carbons (Fsp3) is 0.562. The Balaban J connectivity index is 2.11. The van der Waals surface area contributed by atoms with Crippen molar-refractivity contribution in [1.29, 1.82) is 0 Å². The monoisotopic (exact) mass is 339 g/mol. The summed E-state index contributed by atoms with van der Waals surface area (Å²) in [6.45, 7) is 5.70. The number of amides is 1. The molecular weight excluding hydrogens is 318 g/mol. The first-order chi connectivity index (χ1) is 9.45. The highest BCUT2D eigenvalue weighted by atomic mass is 79.9. The van der Waals surface area contributed by atoms with Crippen LogP contribution in [0.15, 0.2) is 28.7 Å². The summed E-state index contributed by atoms with van der Waals surface area (Å²) in [5.41, 5.74) is 0.511. The molecule has 0 aliphatic carbocycles. The molecule has 3 nitrogen and oxygen atoms in total. The molecule has 1 saturated heterocycles. The summed E-state index contributed by atoms with van der Waals surface area (Å²) in [5.74, 6) is 0.528. The number of likely N-dealkylation sites (tertiary alicyclic amines) is 1. The van der Waals surface area contributed by atoms with Crippen molar-refractivity contribution >= 4 is 21.8 Å². The Morgan fingerprint density at radius 1 is 1.40 bits per heavy atom. The molecule has 1 aromatic rings. The van der Waals surface area contributed by atoms with Crippen molar-refractivity contribution in [3.63, 3.8) is 0 Å². The van der Waals surface area contributed by atoms with Gasteiger partial charge < -0.3 is 10.0 Å². The minimum absolute atomic E-state index is 0.173. The number of nitrogens with zero attached hydrogens (tertiary/aromatic N) is 1. The number of hydrogen-bond donors (Lipinski definition) is 1. The third-order valence-electron chi connectivity index (χ3n) is 4.24. The van der Waals surface area contributed by atoms with E-state index in [-0.39, 0.29) is 12.5 Å². The van der Waals surface area contributed by atoms with Gasteiger partial charge in [0.15, 0.2) is 0 Å². The van der Waals surface area contributed by atoms with Crippen LogP contribution in [0.2, 0.25) is 0 Å². The summed E-state index contributed by atoms with van der Waals surface area (Å²) < 4.78 is 0.995. The highest BCUT2D eigenvalue weighted by molar-refractivity contribution is 9.10. The van der Waals surface area contributed by atoms with E-state index in [1.54, 1.807) is 0 Å². The van der Waals surface area contributed by atoms with Crippen molar-refractivity contribution in [3.05, 3.63) is 34.3 Å². The maximum absolute atomic E-state index is 12.8. The van der Waals surface area contributed by atoms with Gasteiger partial charge in [-0.2, -0.15) is 0 Å². The smallest absolute Gasteiger partial charge is 0.232 e. The molecule has 20 heavy (non-hydrogen) atoms. The third kappa shape index (κ3) is 3.23. The molecule has 1 aliphatic heterocycles. The molecule has 0 unspecified atom stereocenters. The van der Waals surface area contributed by atoms with Gasteiger partial charge in [0.05, 0.1) is 5.41 Å². The normalized spacial score (nSPS) is 17.3. The Kier molecular flexibility index (Phi) is 4.86. The second-order valence-corrected chi connectivity index (χ2v) is 6.97. The molecule has 0 aromatic heterocycles. The molecule has 1 fully saturated rings. The van der Waals surface area contributed by atoms with Gasteiger partial charge in [-0.25, -0.2) is 0 Å². The van der Waals surface area contributed by atoms with E-state index in [9.17, 15) is 9.90 Å². The molecule has 0 saturated carbocycles. The van der Waals surface area contributed by atoms with Crippen molar-refractivity contribution in [2.75, 3.05) is 19.7 Å². The van der Waals surface area contributed by atoms with Crippen molar-refractivity contribution < 1.29 is 9.90 Å². The van der Waals surface area contributed by atoms with E-state index < -0.39 is 5.41 Å².